The van der Waals surface area contributed by atoms with Crippen LogP contribution in [0, 0.1) is 0 Å². The molecule has 1 aromatic rings. The van der Waals surface area contributed by atoms with E-state index in [1.54, 1.807) is 0 Å². The van der Waals surface area contributed by atoms with Crippen LogP contribution in [0.4, 0.5) is 13.2 Å². The molecule has 17 heavy (non-hydrogen) atoms. The first-order valence-corrected chi connectivity index (χ1v) is 4.70. The zero-order valence-corrected chi connectivity index (χ0v) is 8.86. The molecule has 0 aliphatic rings. The smallest absolute Gasteiger partial charge is 0.432 e. The lowest BCUT2D eigenvalue weighted by Crippen LogP contribution is -2.50. The van der Waals surface area contributed by atoms with E-state index in [1.165, 1.54) is 19.2 Å². The summed E-state index contributed by atoms with van der Waals surface area (Å²) < 4.78 is 42.6. The van der Waals surface area contributed by atoms with E-state index in [0.29, 0.717) is 0 Å². The minimum atomic E-state index is -5.18. The number of aliphatic hydroxyl groups is 1. The molecule has 0 saturated carbocycles. The van der Waals surface area contributed by atoms with Crippen LogP contribution in [-0.2, 0) is 15.1 Å². The van der Waals surface area contributed by atoms with Gasteiger partial charge in [-0.3, -0.25) is 4.98 Å². The second-order valence-corrected chi connectivity index (χ2v) is 3.17. The van der Waals surface area contributed by atoms with Gasteiger partial charge in [0, 0.05) is 18.0 Å². The lowest BCUT2D eigenvalue weighted by Gasteiger charge is -2.27. The molecule has 0 saturated heterocycles. The van der Waals surface area contributed by atoms with E-state index < -0.39 is 23.3 Å². The van der Waals surface area contributed by atoms with Crippen molar-refractivity contribution in [2.45, 2.75) is 18.7 Å². The highest BCUT2D eigenvalue weighted by molar-refractivity contribution is 5.82. The van der Waals surface area contributed by atoms with E-state index in [0.717, 1.165) is 12.3 Å². The Morgan fingerprint density at radius 3 is 2.59 bits per heavy atom. The quantitative estimate of drug-likeness (QED) is 0.822. The van der Waals surface area contributed by atoms with Crippen LogP contribution in [0.25, 0.3) is 0 Å². The Balaban J connectivity index is 3.26. The van der Waals surface area contributed by atoms with E-state index in [9.17, 15) is 23.1 Å². The van der Waals surface area contributed by atoms with Crippen LogP contribution in [-0.4, -0.2) is 28.8 Å². The number of rotatable bonds is 3. The lowest BCUT2D eigenvalue weighted by molar-refractivity contribution is -0.268. The van der Waals surface area contributed by atoms with Crippen LogP contribution < -0.4 is 0 Å². The summed E-state index contributed by atoms with van der Waals surface area (Å²) in [7, 11) is 0. The maximum Gasteiger partial charge on any atom is 0.432 e. The van der Waals surface area contributed by atoms with Crippen molar-refractivity contribution in [2.75, 3.05) is 6.61 Å². The molecule has 1 rings (SSSR count). The molecule has 1 heterocycles. The molecule has 0 aromatic carbocycles. The first kappa shape index (κ1) is 13.4. The molecule has 0 aliphatic heterocycles. The van der Waals surface area contributed by atoms with Gasteiger partial charge in [-0.2, -0.15) is 13.2 Å². The number of hydrogen-bond donors (Lipinski definition) is 1. The van der Waals surface area contributed by atoms with E-state index in [4.69, 9.17) is 0 Å². The predicted molar refractivity (Wildman–Crippen MR) is 50.8 cm³/mol. The van der Waals surface area contributed by atoms with Crippen LogP contribution in [0.1, 0.15) is 12.5 Å². The third-order valence-electron chi connectivity index (χ3n) is 2.06. The van der Waals surface area contributed by atoms with Crippen molar-refractivity contribution in [3.8, 4) is 0 Å². The summed E-state index contributed by atoms with van der Waals surface area (Å²) in [6.07, 6.45) is -3.18. The topological polar surface area (TPSA) is 59.4 Å². The molecule has 0 unspecified atom stereocenters. The van der Waals surface area contributed by atoms with E-state index in [1.807, 2.05) is 0 Å². The average molecular weight is 249 g/mol. The Kier molecular flexibility index (Phi) is 3.72. The Morgan fingerprint density at radius 2 is 2.18 bits per heavy atom. The number of hydrogen-bond acceptors (Lipinski definition) is 4. The van der Waals surface area contributed by atoms with Gasteiger partial charge >= 0.3 is 12.1 Å². The van der Waals surface area contributed by atoms with Gasteiger partial charge in [0.15, 0.2) is 0 Å². The molecule has 1 aromatic heterocycles. The molecule has 4 nitrogen and oxygen atoms in total. The number of alkyl halides is 3. The number of halogens is 3. The Morgan fingerprint density at radius 1 is 1.53 bits per heavy atom. The second-order valence-electron chi connectivity index (χ2n) is 3.17. The fourth-order valence-corrected chi connectivity index (χ4v) is 1.21. The molecule has 1 atom stereocenters. The maximum atomic E-state index is 12.8. The van der Waals surface area contributed by atoms with E-state index in [-0.39, 0.29) is 6.61 Å². The summed E-state index contributed by atoms with van der Waals surface area (Å²) in [6.45, 7) is 1.08. The first-order chi connectivity index (χ1) is 7.84. The molecular weight excluding hydrogens is 239 g/mol. The number of ether oxygens (including phenoxy) is 1. The number of carbonyl (C=O) groups is 1. The van der Waals surface area contributed by atoms with Gasteiger partial charge in [-0.25, -0.2) is 4.79 Å². The van der Waals surface area contributed by atoms with Gasteiger partial charge in [0.2, 0.25) is 0 Å². The fraction of sp³-hybridized carbons (Fsp3) is 0.400. The van der Waals surface area contributed by atoms with Crippen molar-refractivity contribution in [1.29, 1.82) is 0 Å². The Labute approximate surface area is 95.0 Å². The minimum Gasteiger partial charge on any atom is -0.463 e. The number of aromatic nitrogens is 1. The number of esters is 1. The standard InChI is InChI=1S/C10H10F3NO3/c1-2-17-8(15)9(16,10(11,12)13)7-4-3-5-14-6-7/h3-6,16H,2H2,1H3/t9-/m0/s1. The van der Waals surface area contributed by atoms with Crippen molar-refractivity contribution in [2.24, 2.45) is 0 Å². The predicted octanol–water partition coefficient (Wildman–Crippen LogP) is 1.39. The normalized spacial score (nSPS) is 15.1. The lowest BCUT2D eigenvalue weighted by atomic mass is 9.95. The molecule has 0 radical (unpaired) electrons. The van der Waals surface area contributed by atoms with Gasteiger partial charge in [-0.05, 0) is 13.0 Å². The van der Waals surface area contributed by atoms with Crippen LogP contribution in [0.5, 0.6) is 0 Å². The van der Waals surface area contributed by atoms with Crippen molar-refractivity contribution in [3.63, 3.8) is 0 Å². The fourth-order valence-electron chi connectivity index (χ4n) is 1.21. The Bertz CT molecular complexity index is 394. The highest BCUT2D eigenvalue weighted by Crippen LogP contribution is 2.39. The second kappa shape index (κ2) is 4.70. The molecule has 1 N–H and O–H groups in total. The summed E-state index contributed by atoms with van der Waals surface area (Å²) in [5.41, 5.74) is -4.36. The summed E-state index contributed by atoms with van der Waals surface area (Å²) in [4.78, 5) is 14.7. The van der Waals surface area contributed by atoms with Gasteiger partial charge in [0.1, 0.15) is 0 Å². The van der Waals surface area contributed by atoms with Crippen molar-refractivity contribution < 1.29 is 27.8 Å². The van der Waals surface area contributed by atoms with Gasteiger partial charge in [-0.15, -0.1) is 0 Å². The SMILES string of the molecule is CCOC(=O)[C@@](O)(c1cccnc1)C(F)(F)F. The van der Waals surface area contributed by atoms with Gasteiger partial charge in [0.05, 0.1) is 6.61 Å². The van der Waals surface area contributed by atoms with Crippen molar-refractivity contribution >= 4 is 5.97 Å². The molecule has 7 heteroatoms. The number of pyridine rings is 1. The zero-order chi connectivity index (χ0) is 13.1. The summed E-state index contributed by atoms with van der Waals surface area (Å²) >= 11 is 0. The van der Waals surface area contributed by atoms with Crippen LogP contribution in [0.3, 0.4) is 0 Å². The van der Waals surface area contributed by atoms with Crippen molar-refractivity contribution in [3.05, 3.63) is 30.1 Å². The molecule has 0 fully saturated rings. The van der Waals surface area contributed by atoms with Crippen LogP contribution >= 0.6 is 0 Å². The third-order valence-corrected chi connectivity index (χ3v) is 2.06. The minimum absolute atomic E-state index is 0.266. The summed E-state index contributed by atoms with van der Waals surface area (Å²) in [6, 6.07) is 2.14. The summed E-state index contributed by atoms with van der Waals surface area (Å²) in [5, 5.41) is 9.58. The maximum absolute atomic E-state index is 12.8. The molecule has 0 aliphatic carbocycles. The number of carbonyl (C=O) groups excluding carboxylic acids is 1. The molecule has 0 bridgehead atoms. The molecule has 94 valence electrons. The molecular formula is C10H10F3NO3. The largest absolute Gasteiger partial charge is 0.463 e. The van der Waals surface area contributed by atoms with Gasteiger partial charge in [-0.1, -0.05) is 6.07 Å². The van der Waals surface area contributed by atoms with Gasteiger partial charge < -0.3 is 9.84 Å². The van der Waals surface area contributed by atoms with E-state index >= 15 is 0 Å². The highest BCUT2D eigenvalue weighted by atomic mass is 19.4. The summed E-state index contributed by atoms with van der Waals surface area (Å²) in [5.74, 6) is -1.76. The molecule has 0 spiro atoms. The van der Waals surface area contributed by atoms with E-state index in [2.05, 4.69) is 9.72 Å². The zero-order valence-electron chi connectivity index (χ0n) is 8.86. The van der Waals surface area contributed by atoms with Gasteiger partial charge in [0.25, 0.3) is 5.60 Å². The number of nitrogens with zero attached hydrogens (tertiary/aromatic N) is 1. The van der Waals surface area contributed by atoms with Crippen molar-refractivity contribution in [1.82, 2.24) is 4.98 Å². The first-order valence-electron chi connectivity index (χ1n) is 4.70. The third kappa shape index (κ3) is 2.38. The van der Waals surface area contributed by atoms with Crippen LogP contribution in [0.2, 0.25) is 0 Å². The van der Waals surface area contributed by atoms with Crippen LogP contribution in [0.15, 0.2) is 24.5 Å². The molecule has 0 amide bonds. The average Bonchev–Trinajstić information content (AvgIpc) is 2.28. The monoisotopic (exact) mass is 249 g/mol. The Hall–Kier alpha value is -1.63. The highest BCUT2D eigenvalue weighted by Gasteiger charge is 2.62.